The Balaban J connectivity index is 2.31. The van der Waals surface area contributed by atoms with Gasteiger partial charge >= 0.3 is 5.97 Å². The molecule has 1 aliphatic carbocycles. The summed E-state index contributed by atoms with van der Waals surface area (Å²) in [5.74, 6) is -0.547. The van der Waals surface area contributed by atoms with Gasteiger partial charge < -0.3 is 5.11 Å². The molecule has 0 amide bonds. The second-order valence-corrected chi connectivity index (χ2v) is 9.28. The average molecular weight is 389 g/mol. The number of carbonyl (C=O) groups is 1. The monoisotopic (exact) mass is 388 g/mol. The standard InChI is InChI=1S/C20H36O5S/c1-2-3-8-12-18-15-14-17(16-19(18)26(23,24)25)11-9-6-4-5-7-10-13-20(21)22/h14-15,17-19H,2-13,16H2,1H3,(H,21,22)(H,23,24,25). The summed E-state index contributed by atoms with van der Waals surface area (Å²) in [6.07, 6.45) is 16.0. The molecule has 0 spiro atoms. The number of allylic oxidation sites excluding steroid dienone is 2. The van der Waals surface area contributed by atoms with Crippen LogP contribution in [0.5, 0.6) is 0 Å². The number of carboxylic acids is 1. The van der Waals surface area contributed by atoms with E-state index in [9.17, 15) is 17.8 Å². The predicted octanol–water partition coefficient (Wildman–Crippen LogP) is 5.22. The van der Waals surface area contributed by atoms with Crippen LogP contribution in [0.1, 0.15) is 90.4 Å². The second-order valence-electron chi connectivity index (χ2n) is 7.65. The van der Waals surface area contributed by atoms with Crippen molar-refractivity contribution in [3.8, 4) is 0 Å². The number of carboxylic acid groups (broad SMARTS) is 1. The predicted molar refractivity (Wildman–Crippen MR) is 105 cm³/mol. The van der Waals surface area contributed by atoms with Crippen molar-refractivity contribution < 1.29 is 22.9 Å². The molecule has 0 fully saturated rings. The van der Waals surface area contributed by atoms with Gasteiger partial charge in [-0.05, 0) is 37.5 Å². The van der Waals surface area contributed by atoms with Crippen LogP contribution in [0.15, 0.2) is 12.2 Å². The van der Waals surface area contributed by atoms with Gasteiger partial charge in [0.2, 0.25) is 0 Å². The lowest BCUT2D eigenvalue weighted by Gasteiger charge is -2.30. The van der Waals surface area contributed by atoms with E-state index in [0.29, 0.717) is 6.42 Å². The fourth-order valence-electron chi connectivity index (χ4n) is 3.83. The summed E-state index contributed by atoms with van der Waals surface area (Å²) in [7, 11) is -4.00. The van der Waals surface area contributed by atoms with Crippen molar-refractivity contribution in [3.63, 3.8) is 0 Å². The normalized spacial score (nSPS) is 23.2. The Labute approximate surface area is 159 Å². The van der Waals surface area contributed by atoms with Gasteiger partial charge in [0.25, 0.3) is 10.1 Å². The molecule has 152 valence electrons. The van der Waals surface area contributed by atoms with Crippen LogP contribution in [0.4, 0.5) is 0 Å². The van der Waals surface area contributed by atoms with Gasteiger partial charge in [-0.2, -0.15) is 8.42 Å². The van der Waals surface area contributed by atoms with E-state index in [0.717, 1.165) is 70.6 Å². The Morgan fingerprint density at radius 2 is 1.58 bits per heavy atom. The van der Waals surface area contributed by atoms with Crippen molar-refractivity contribution in [3.05, 3.63) is 12.2 Å². The lowest BCUT2D eigenvalue weighted by molar-refractivity contribution is -0.137. The number of aliphatic carboxylic acids is 1. The highest BCUT2D eigenvalue weighted by atomic mass is 32.2. The van der Waals surface area contributed by atoms with Gasteiger partial charge in [0.1, 0.15) is 0 Å². The average Bonchev–Trinajstić information content (AvgIpc) is 2.57. The molecule has 0 radical (unpaired) electrons. The van der Waals surface area contributed by atoms with Crippen LogP contribution in [-0.4, -0.2) is 29.3 Å². The minimum Gasteiger partial charge on any atom is -0.481 e. The maximum Gasteiger partial charge on any atom is 0.303 e. The first kappa shape index (κ1) is 23.2. The highest BCUT2D eigenvalue weighted by molar-refractivity contribution is 7.86. The molecule has 0 bridgehead atoms. The summed E-state index contributed by atoms with van der Waals surface area (Å²) in [4.78, 5) is 10.4. The Morgan fingerprint density at radius 3 is 2.19 bits per heavy atom. The zero-order chi connectivity index (χ0) is 19.4. The third-order valence-corrected chi connectivity index (χ3v) is 6.69. The van der Waals surface area contributed by atoms with Crippen molar-refractivity contribution in [1.29, 1.82) is 0 Å². The molecule has 1 aliphatic rings. The van der Waals surface area contributed by atoms with Gasteiger partial charge in [-0.3, -0.25) is 9.35 Å². The fourth-order valence-corrected chi connectivity index (χ4v) is 4.99. The third-order valence-electron chi connectivity index (χ3n) is 5.38. The van der Waals surface area contributed by atoms with Crippen molar-refractivity contribution in [1.82, 2.24) is 0 Å². The number of rotatable bonds is 14. The highest BCUT2D eigenvalue weighted by Gasteiger charge is 2.34. The van der Waals surface area contributed by atoms with Gasteiger partial charge in [-0.15, -0.1) is 0 Å². The number of hydrogen-bond donors (Lipinski definition) is 2. The van der Waals surface area contributed by atoms with E-state index in [1.807, 2.05) is 6.08 Å². The van der Waals surface area contributed by atoms with Crippen LogP contribution >= 0.6 is 0 Å². The van der Waals surface area contributed by atoms with E-state index in [1.54, 1.807) is 0 Å². The Bertz CT molecular complexity index is 526. The minimum atomic E-state index is -4.00. The molecule has 0 aromatic carbocycles. The zero-order valence-corrected chi connectivity index (χ0v) is 16.9. The maximum atomic E-state index is 11.8. The smallest absolute Gasteiger partial charge is 0.303 e. The summed E-state index contributed by atoms with van der Waals surface area (Å²) >= 11 is 0. The number of hydrogen-bond acceptors (Lipinski definition) is 3. The van der Waals surface area contributed by atoms with E-state index >= 15 is 0 Å². The van der Waals surface area contributed by atoms with Crippen molar-refractivity contribution in [2.24, 2.45) is 11.8 Å². The molecule has 2 N–H and O–H groups in total. The Morgan fingerprint density at radius 1 is 0.962 bits per heavy atom. The molecular weight excluding hydrogens is 352 g/mol. The van der Waals surface area contributed by atoms with E-state index in [-0.39, 0.29) is 18.3 Å². The highest BCUT2D eigenvalue weighted by Crippen LogP contribution is 2.33. The third kappa shape index (κ3) is 9.72. The summed E-state index contributed by atoms with van der Waals surface area (Å²) in [6.45, 7) is 2.12. The largest absolute Gasteiger partial charge is 0.481 e. The van der Waals surface area contributed by atoms with Crippen LogP contribution < -0.4 is 0 Å². The summed E-state index contributed by atoms with van der Waals surface area (Å²) in [6, 6.07) is 0. The summed E-state index contributed by atoms with van der Waals surface area (Å²) in [5.41, 5.74) is 0. The fraction of sp³-hybridized carbons (Fsp3) is 0.850. The van der Waals surface area contributed by atoms with Crippen LogP contribution in [0.3, 0.4) is 0 Å². The molecule has 0 heterocycles. The molecule has 0 saturated carbocycles. The van der Waals surface area contributed by atoms with E-state index in [2.05, 4.69) is 13.0 Å². The topological polar surface area (TPSA) is 91.7 Å². The first-order valence-corrected chi connectivity index (χ1v) is 11.7. The molecule has 0 aliphatic heterocycles. The minimum absolute atomic E-state index is 0.0537. The summed E-state index contributed by atoms with van der Waals surface area (Å²) in [5, 5.41) is 7.94. The first-order valence-electron chi connectivity index (χ1n) is 10.2. The van der Waals surface area contributed by atoms with E-state index < -0.39 is 21.3 Å². The number of unbranched alkanes of at least 4 members (excludes halogenated alkanes) is 7. The lowest BCUT2D eigenvalue weighted by atomic mass is 9.83. The van der Waals surface area contributed by atoms with Gasteiger partial charge in [-0.25, -0.2) is 0 Å². The van der Waals surface area contributed by atoms with Crippen LogP contribution in [0.25, 0.3) is 0 Å². The van der Waals surface area contributed by atoms with Gasteiger partial charge in [0.05, 0.1) is 5.25 Å². The van der Waals surface area contributed by atoms with E-state index in [4.69, 9.17) is 5.11 Å². The van der Waals surface area contributed by atoms with Crippen molar-refractivity contribution >= 4 is 16.1 Å². The molecule has 3 unspecified atom stereocenters. The molecule has 5 nitrogen and oxygen atoms in total. The molecule has 0 aromatic heterocycles. The van der Waals surface area contributed by atoms with Crippen molar-refractivity contribution in [2.45, 2.75) is 95.6 Å². The van der Waals surface area contributed by atoms with Crippen LogP contribution in [0, 0.1) is 11.8 Å². The molecule has 1 rings (SSSR count). The quantitative estimate of drug-likeness (QED) is 0.242. The Kier molecular flexibility index (Phi) is 11.1. The Hall–Kier alpha value is -0.880. The lowest BCUT2D eigenvalue weighted by Crippen LogP contribution is -2.33. The SMILES string of the molecule is CCCCCC1C=CC(CCCCCCCCC(=O)O)CC1S(=O)(=O)O. The van der Waals surface area contributed by atoms with E-state index in [1.165, 1.54) is 0 Å². The van der Waals surface area contributed by atoms with Gasteiger partial charge in [-0.1, -0.05) is 70.4 Å². The second kappa shape index (κ2) is 12.5. The van der Waals surface area contributed by atoms with Crippen molar-refractivity contribution in [2.75, 3.05) is 0 Å². The molecule has 3 atom stereocenters. The van der Waals surface area contributed by atoms with Gasteiger partial charge in [0, 0.05) is 6.42 Å². The summed E-state index contributed by atoms with van der Waals surface area (Å²) < 4.78 is 33.2. The maximum absolute atomic E-state index is 11.8. The van der Waals surface area contributed by atoms with Crippen LogP contribution in [-0.2, 0) is 14.9 Å². The molecule has 6 heteroatoms. The molecule has 0 aromatic rings. The first-order chi connectivity index (χ1) is 12.3. The molecular formula is C20H36O5S. The van der Waals surface area contributed by atoms with Crippen LogP contribution in [0.2, 0.25) is 0 Å². The molecule has 0 saturated heterocycles. The van der Waals surface area contributed by atoms with Gasteiger partial charge in [0.15, 0.2) is 0 Å². The molecule has 26 heavy (non-hydrogen) atoms. The zero-order valence-electron chi connectivity index (χ0n) is 16.1.